The monoisotopic (exact) mass is 1950 g/mol. The number of aryl methyl sites for hydroxylation is 4. The Bertz CT molecular complexity index is 5690. The number of morpholine rings is 2. The van der Waals surface area contributed by atoms with Crippen molar-refractivity contribution in [2.24, 2.45) is 0 Å². The maximum Gasteiger partial charge on any atom is 0.275 e. The molecule has 4 aliphatic heterocycles. The highest BCUT2D eigenvalue weighted by molar-refractivity contribution is 5.98. The number of hydroxylamine groups is 1. The van der Waals surface area contributed by atoms with E-state index in [2.05, 4.69) is 44.7 Å². The maximum absolute atomic E-state index is 14.8. The van der Waals surface area contributed by atoms with Gasteiger partial charge in [0.05, 0.1) is 154 Å². The summed E-state index contributed by atoms with van der Waals surface area (Å²) in [6, 6.07) is 28.9. The number of ether oxygens (including phenoxy) is 9. The fourth-order valence-corrected chi connectivity index (χ4v) is 16.2. The van der Waals surface area contributed by atoms with Crippen LogP contribution in [0.3, 0.4) is 0 Å². The van der Waals surface area contributed by atoms with Crippen molar-refractivity contribution >= 4 is 69.4 Å². The summed E-state index contributed by atoms with van der Waals surface area (Å²) in [6.45, 7) is 27.8. The van der Waals surface area contributed by atoms with E-state index in [1.807, 2.05) is 110 Å². The van der Waals surface area contributed by atoms with Crippen LogP contribution in [0.25, 0.3) is 34.0 Å². The number of aromatic nitrogens is 10. The number of fused-ring (bicyclic) bond motifs is 2. The van der Waals surface area contributed by atoms with Crippen molar-refractivity contribution < 1.29 is 93.0 Å². The fourth-order valence-electron chi connectivity index (χ4n) is 16.2. The van der Waals surface area contributed by atoms with Crippen molar-refractivity contribution in [3.8, 4) is 11.9 Å². The van der Waals surface area contributed by atoms with E-state index >= 15 is 0 Å². The van der Waals surface area contributed by atoms with E-state index in [0.717, 1.165) is 97.7 Å². The summed E-state index contributed by atoms with van der Waals surface area (Å²) in [5.41, 5.74) is 6.80. The van der Waals surface area contributed by atoms with Crippen molar-refractivity contribution in [2.75, 3.05) is 304 Å². The zero-order valence-electron chi connectivity index (χ0n) is 81.2. The first-order valence-corrected chi connectivity index (χ1v) is 47.7. The van der Waals surface area contributed by atoms with Gasteiger partial charge in [-0.1, -0.05) is 48.5 Å². The van der Waals surface area contributed by atoms with Gasteiger partial charge in [-0.3, -0.25) is 33.1 Å². The number of benzene rings is 6. The number of halogens is 6. The summed E-state index contributed by atoms with van der Waals surface area (Å²) in [6.07, 6.45) is 0.0322. The molecule has 4 aromatic heterocycles. The molecule has 140 heavy (non-hydrogen) atoms. The topological polar surface area (TPSA) is 318 Å². The third kappa shape index (κ3) is 30.8. The maximum atomic E-state index is 14.8. The molecule has 14 rings (SSSR count). The van der Waals surface area contributed by atoms with Crippen molar-refractivity contribution in [3.63, 3.8) is 0 Å². The van der Waals surface area contributed by atoms with Crippen LogP contribution in [0, 0.1) is 62.6 Å². The molecular formula is C99H129F6N21O14. The third-order valence-corrected chi connectivity index (χ3v) is 24.5. The van der Waals surface area contributed by atoms with Crippen LogP contribution in [0.2, 0.25) is 0 Å². The minimum Gasteiger partial charge on any atom is -0.380 e. The molecule has 0 bridgehead atoms. The smallest absolute Gasteiger partial charge is 0.275 e. The number of anilines is 4. The van der Waals surface area contributed by atoms with Gasteiger partial charge in [-0.15, -0.1) is 0 Å². The van der Waals surface area contributed by atoms with E-state index in [-0.39, 0.29) is 91.1 Å². The Labute approximate surface area is 812 Å². The first-order chi connectivity index (χ1) is 67.9. The zero-order valence-corrected chi connectivity index (χ0v) is 81.2. The van der Waals surface area contributed by atoms with E-state index in [4.69, 9.17) is 87.3 Å². The van der Waals surface area contributed by atoms with E-state index in [9.17, 15) is 45.5 Å². The van der Waals surface area contributed by atoms with Crippen LogP contribution in [-0.2, 0) is 69.9 Å². The number of nitrogens with zero attached hydrogens (tertiary/aromatic N) is 20. The van der Waals surface area contributed by atoms with Gasteiger partial charge in [-0.05, 0) is 139 Å². The number of likely N-dealkylation sites (N-methyl/N-ethyl adjacent to an activating group) is 4. The number of ketones is 1. The number of hydrogen-bond acceptors (Lipinski definition) is 30. The Hall–Kier alpha value is -11.4. The lowest BCUT2D eigenvalue weighted by Gasteiger charge is -2.35. The summed E-state index contributed by atoms with van der Waals surface area (Å²) < 4.78 is 141. The van der Waals surface area contributed by atoms with Gasteiger partial charge in [0, 0.05) is 166 Å². The molecule has 0 atom stereocenters. The lowest BCUT2D eigenvalue weighted by Crippen LogP contribution is -2.49. The molecule has 0 radical (unpaired) electrons. The summed E-state index contributed by atoms with van der Waals surface area (Å²) in [5.74, 6) is -1.99. The largest absolute Gasteiger partial charge is 0.380 e. The Morgan fingerprint density at radius 3 is 1.11 bits per heavy atom. The van der Waals surface area contributed by atoms with Gasteiger partial charge in [0.15, 0.2) is 29.1 Å². The third-order valence-electron chi connectivity index (χ3n) is 24.5. The molecule has 1 N–H and O–H groups in total. The van der Waals surface area contributed by atoms with Gasteiger partial charge in [0.2, 0.25) is 47.5 Å². The number of nitrogens with one attached hydrogen (secondary N) is 1. The molecule has 4 aliphatic rings. The van der Waals surface area contributed by atoms with Gasteiger partial charge in [-0.25, -0.2) is 41.8 Å². The van der Waals surface area contributed by atoms with Gasteiger partial charge in [-0.2, -0.15) is 29.9 Å². The number of para-hydroxylation sites is 4. The summed E-state index contributed by atoms with van der Waals surface area (Å²) in [5, 5.41) is 0. The van der Waals surface area contributed by atoms with Crippen LogP contribution in [0.5, 0.6) is 0 Å². The average molecular weight is 1950 g/mol. The lowest BCUT2D eigenvalue weighted by molar-refractivity contribution is -0.133. The van der Waals surface area contributed by atoms with Crippen LogP contribution in [0.4, 0.5) is 50.1 Å². The van der Waals surface area contributed by atoms with Gasteiger partial charge in [0.25, 0.3) is 5.91 Å². The number of imidazole rings is 2. The highest BCUT2D eigenvalue weighted by atomic mass is 19.2. The summed E-state index contributed by atoms with van der Waals surface area (Å²) in [4.78, 5) is 117. The average Bonchev–Trinajstić information content (AvgIpc) is 1.59. The van der Waals surface area contributed by atoms with E-state index in [0.29, 0.717) is 237 Å². The van der Waals surface area contributed by atoms with E-state index in [1.54, 1.807) is 26.0 Å². The fraction of sp³-hybridized carbons (Fsp3) is 0.515. The standard InChI is InChI=1S/C51H68F3N11O8.C48H61F3N10O6/c1-37-9-10-39(43(53)35-37)36-41-40(11-12-42(52)47(41)54)48(67)59-73-34-33-72-32-31-71-26-21-61(4)15-14-60(3)20-25-70-30-29-68-24-13-46(66)62-16-18-63(19-17-62)49-56-50(64-22-27-69-28-23-64)58-51(57-49)65-38(2)55-44-7-5-6-8-45(44)65;1-34-9-10-36(40(50)31-34)32-38-37(11-12-39(49)45(38)51)43(62)33-67-30-29-66-26-21-57(4)15-14-56(3)20-25-64-24-13-44(63)58-16-18-59(19-17-58)46-53-47(60-22-27-65-28-23-60)55-48(54-46)61-35(2)52-41-7-5-6-8-42(41)61/h5-12,35H,13-34,36H2,1-4H3,(H,59,67);5-12,31H,13-30,32-33H2,1-4H3. The van der Waals surface area contributed by atoms with Crippen LogP contribution in [0.1, 0.15) is 78.6 Å². The van der Waals surface area contributed by atoms with Crippen LogP contribution in [0.15, 0.2) is 109 Å². The highest BCUT2D eigenvalue weighted by Crippen LogP contribution is 2.30. The Balaban J connectivity index is 0.000000237. The van der Waals surface area contributed by atoms with Gasteiger partial charge < -0.3 is 91.6 Å². The number of piperazine rings is 2. The quantitative estimate of drug-likeness (QED) is 0.0161. The van der Waals surface area contributed by atoms with Crippen LogP contribution >= 0.6 is 0 Å². The van der Waals surface area contributed by atoms with E-state index in [1.165, 1.54) is 30.3 Å². The second-order valence-corrected chi connectivity index (χ2v) is 34.8. The van der Waals surface area contributed by atoms with Crippen molar-refractivity contribution in [1.29, 1.82) is 0 Å². The number of carbonyl (C=O) groups is 4. The van der Waals surface area contributed by atoms with Crippen molar-refractivity contribution in [2.45, 2.75) is 53.4 Å². The predicted molar refractivity (Wildman–Crippen MR) is 515 cm³/mol. The Morgan fingerprint density at radius 2 is 0.700 bits per heavy atom. The second-order valence-electron chi connectivity index (χ2n) is 34.8. The molecule has 3 amide bonds. The SMILES string of the molecule is Cc1ccc(Cc2c(C(=O)COCCOCCN(C)CCN(C)CCOCCC(=O)N3CCN(c4nc(N5CCOCC5)nc(-n5c(C)nc6ccccc65)n4)CC3)ccc(F)c2F)c(F)c1.Cc1ccc(Cc2c(C(=O)NOCCOCCOCCN(C)CCN(C)CCOCCOCCC(=O)N3CCN(c4nc(N5CCOCC5)nc(-n5c(C)nc6ccccc65)n4)CC3)ccc(F)c2F)c(F)c1. The Kier molecular flexibility index (Phi) is 40.8. The summed E-state index contributed by atoms with van der Waals surface area (Å²) in [7, 11) is 8.11. The molecular weight excluding hydrogens is 1820 g/mol. The van der Waals surface area contributed by atoms with Crippen molar-refractivity contribution in [1.82, 2.24) is 83.9 Å². The number of carbonyl (C=O) groups excluding carboxylic acids is 4. The minimum atomic E-state index is -1.22. The van der Waals surface area contributed by atoms with Crippen LogP contribution in [-0.4, -0.2) is 387 Å². The minimum absolute atomic E-state index is 0.00627. The molecule has 35 nitrogen and oxygen atoms in total. The Morgan fingerprint density at radius 1 is 0.357 bits per heavy atom. The first-order valence-electron chi connectivity index (χ1n) is 47.7. The number of Topliss-reactive ketones (excluding diaryl/α,β-unsaturated/α-hetero) is 1. The molecule has 0 unspecified atom stereocenters. The predicted octanol–water partition coefficient (Wildman–Crippen LogP) is 8.51. The second kappa shape index (κ2) is 54.0. The van der Waals surface area contributed by atoms with Gasteiger partial charge >= 0.3 is 0 Å². The molecule has 4 fully saturated rings. The molecule has 0 saturated carbocycles. The highest BCUT2D eigenvalue weighted by Gasteiger charge is 2.31. The van der Waals surface area contributed by atoms with Crippen LogP contribution < -0.4 is 25.1 Å². The van der Waals surface area contributed by atoms with E-state index < -0.39 is 46.6 Å². The van der Waals surface area contributed by atoms with Gasteiger partial charge in [0.1, 0.15) is 29.9 Å². The first kappa shape index (κ1) is 106. The molecule has 756 valence electrons. The molecule has 4 saturated heterocycles. The molecule has 6 aromatic carbocycles. The molecule has 0 spiro atoms. The molecule has 0 aliphatic carbocycles. The number of hydrogen-bond donors (Lipinski definition) is 1. The number of amides is 3. The van der Waals surface area contributed by atoms with Crippen molar-refractivity contribution in [3.05, 3.63) is 200 Å². The zero-order chi connectivity index (χ0) is 98.8. The molecule has 41 heteroatoms. The lowest BCUT2D eigenvalue weighted by atomic mass is 9.95. The number of rotatable bonds is 51. The molecule has 10 aromatic rings. The summed E-state index contributed by atoms with van der Waals surface area (Å²) >= 11 is 0. The molecule has 8 heterocycles. The normalized spacial score (nSPS) is 14.4.